The standard InChI is InChI=1S/C7H8ClO5P/c8-13-14(10,11)12-5-6-3-1-2-4-7(6)9/h1-4,9H,5H2,(H,10,11). The molecular weight excluding hydrogens is 230 g/mol. The number of phenolic OH excluding ortho intramolecular Hbond substituents is 1. The summed E-state index contributed by atoms with van der Waals surface area (Å²) in [6, 6.07) is 6.25. The zero-order valence-electron chi connectivity index (χ0n) is 6.96. The van der Waals surface area contributed by atoms with E-state index in [1.54, 1.807) is 18.2 Å². The summed E-state index contributed by atoms with van der Waals surface area (Å²) >= 11 is 4.70. The monoisotopic (exact) mass is 238 g/mol. The van der Waals surface area contributed by atoms with E-state index in [9.17, 15) is 9.67 Å². The number of rotatable bonds is 4. The van der Waals surface area contributed by atoms with Crippen LogP contribution < -0.4 is 0 Å². The molecule has 0 fully saturated rings. The molecule has 14 heavy (non-hydrogen) atoms. The van der Waals surface area contributed by atoms with Gasteiger partial charge < -0.3 is 10.00 Å². The van der Waals surface area contributed by atoms with Crippen LogP contribution in [-0.4, -0.2) is 10.00 Å². The third-order valence-electron chi connectivity index (χ3n) is 1.46. The largest absolute Gasteiger partial charge is 0.508 e. The smallest absolute Gasteiger partial charge is 0.489 e. The topological polar surface area (TPSA) is 76.0 Å². The molecule has 0 amide bonds. The predicted molar refractivity (Wildman–Crippen MR) is 49.7 cm³/mol. The maximum atomic E-state index is 10.8. The molecule has 0 saturated heterocycles. The van der Waals surface area contributed by atoms with Crippen molar-refractivity contribution in [3.8, 4) is 5.75 Å². The van der Waals surface area contributed by atoms with E-state index in [0.717, 1.165) is 0 Å². The highest BCUT2D eigenvalue weighted by molar-refractivity contribution is 7.48. The highest BCUT2D eigenvalue weighted by atomic mass is 35.5. The van der Waals surface area contributed by atoms with Crippen molar-refractivity contribution in [2.45, 2.75) is 6.61 Å². The Labute approximate surface area is 85.6 Å². The van der Waals surface area contributed by atoms with Crippen LogP contribution in [0, 0.1) is 0 Å². The Balaban J connectivity index is 2.63. The lowest BCUT2D eigenvalue weighted by atomic mass is 10.2. The lowest BCUT2D eigenvalue weighted by Crippen LogP contribution is -1.91. The molecule has 5 nitrogen and oxygen atoms in total. The SMILES string of the molecule is O=P(O)(OCl)OCc1ccccc1O. The van der Waals surface area contributed by atoms with Crippen LogP contribution in [0.2, 0.25) is 0 Å². The second-order valence-corrected chi connectivity index (χ2v) is 4.19. The van der Waals surface area contributed by atoms with E-state index in [1.807, 2.05) is 0 Å². The molecule has 0 saturated carbocycles. The Hall–Kier alpha value is -0.580. The molecule has 2 N–H and O–H groups in total. The number of phenols is 1. The summed E-state index contributed by atoms with van der Waals surface area (Å²) in [5.74, 6) is -0.0259. The Morgan fingerprint density at radius 1 is 1.43 bits per heavy atom. The number of aromatic hydroxyl groups is 1. The fourth-order valence-corrected chi connectivity index (χ4v) is 1.27. The van der Waals surface area contributed by atoms with Crippen LogP contribution in [0.15, 0.2) is 24.3 Å². The molecule has 0 aliphatic rings. The van der Waals surface area contributed by atoms with E-state index < -0.39 is 7.82 Å². The van der Waals surface area contributed by atoms with Gasteiger partial charge in [0.05, 0.1) is 18.5 Å². The van der Waals surface area contributed by atoms with Crippen LogP contribution in [0.3, 0.4) is 0 Å². The van der Waals surface area contributed by atoms with Gasteiger partial charge in [-0.25, -0.2) is 4.57 Å². The average molecular weight is 239 g/mol. The normalized spacial score (nSPS) is 15.0. The molecule has 1 aromatic carbocycles. The number of phosphoric ester groups is 1. The first-order chi connectivity index (χ1) is 6.55. The highest BCUT2D eigenvalue weighted by Crippen LogP contribution is 2.45. The molecule has 1 unspecified atom stereocenters. The first kappa shape index (κ1) is 11.5. The zero-order chi connectivity index (χ0) is 10.6. The first-order valence-corrected chi connectivity index (χ1v) is 5.40. The average Bonchev–Trinajstić information content (AvgIpc) is 2.17. The number of hydrogen-bond donors (Lipinski definition) is 2. The second kappa shape index (κ2) is 4.77. The van der Waals surface area contributed by atoms with Gasteiger partial charge in [0.15, 0.2) is 0 Å². The highest BCUT2D eigenvalue weighted by Gasteiger charge is 2.20. The number of hydrogen-bond acceptors (Lipinski definition) is 4. The molecule has 0 aromatic heterocycles. The minimum absolute atomic E-state index is 0.0259. The quantitative estimate of drug-likeness (QED) is 0.787. The van der Waals surface area contributed by atoms with Gasteiger partial charge in [-0.05, 0) is 6.07 Å². The summed E-state index contributed by atoms with van der Waals surface area (Å²) in [5, 5.41) is 9.25. The summed E-state index contributed by atoms with van der Waals surface area (Å²) in [6.45, 7) is -0.257. The van der Waals surface area contributed by atoms with Crippen molar-refractivity contribution in [1.82, 2.24) is 0 Å². The van der Waals surface area contributed by atoms with Gasteiger partial charge in [-0.15, -0.1) is 0 Å². The molecule has 1 aromatic rings. The van der Waals surface area contributed by atoms with Crippen molar-refractivity contribution in [3.63, 3.8) is 0 Å². The molecule has 7 heteroatoms. The van der Waals surface area contributed by atoms with E-state index in [2.05, 4.69) is 8.60 Å². The van der Waals surface area contributed by atoms with E-state index in [0.29, 0.717) is 5.56 Å². The van der Waals surface area contributed by atoms with Gasteiger partial charge in [0.2, 0.25) is 0 Å². The van der Waals surface area contributed by atoms with Crippen molar-refractivity contribution in [3.05, 3.63) is 29.8 Å². The van der Waals surface area contributed by atoms with Crippen LogP contribution in [0.5, 0.6) is 5.75 Å². The maximum Gasteiger partial charge on any atom is 0.489 e. The Kier molecular flexibility index (Phi) is 3.92. The van der Waals surface area contributed by atoms with Gasteiger partial charge in [-0.2, -0.15) is 4.08 Å². The van der Waals surface area contributed by atoms with E-state index in [1.165, 1.54) is 6.07 Å². The molecule has 0 aliphatic carbocycles. The van der Waals surface area contributed by atoms with E-state index in [-0.39, 0.29) is 12.4 Å². The van der Waals surface area contributed by atoms with Crippen molar-refractivity contribution in [2.75, 3.05) is 0 Å². The zero-order valence-corrected chi connectivity index (χ0v) is 8.61. The summed E-state index contributed by atoms with van der Waals surface area (Å²) in [7, 11) is -4.20. The fraction of sp³-hybridized carbons (Fsp3) is 0.143. The van der Waals surface area contributed by atoms with Crippen molar-refractivity contribution < 1.29 is 23.2 Å². The third-order valence-corrected chi connectivity index (χ3v) is 2.62. The summed E-state index contributed by atoms with van der Waals surface area (Å²) in [6.07, 6.45) is 0. The molecule has 78 valence electrons. The first-order valence-electron chi connectivity index (χ1n) is 3.60. The third kappa shape index (κ3) is 3.29. The minimum atomic E-state index is -4.20. The Bertz CT molecular complexity index is 356. The second-order valence-electron chi connectivity index (χ2n) is 2.44. The van der Waals surface area contributed by atoms with Crippen molar-refractivity contribution >= 4 is 19.7 Å². The number of halogens is 1. The number of benzene rings is 1. The number of para-hydroxylation sites is 1. The van der Waals surface area contributed by atoms with Gasteiger partial charge in [0.25, 0.3) is 0 Å². The van der Waals surface area contributed by atoms with Crippen LogP contribution in [0.1, 0.15) is 5.56 Å². The van der Waals surface area contributed by atoms with Crippen molar-refractivity contribution in [2.24, 2.45) is 0 Å². The van der Waals surface area contributed by atoms with Gasteiger partial charge in [0, 0.05) is 5.56 Å². The molecular formula is C7H8ClO5P. The minimum Gasteiger partial charge on any atom is -0.508 e. The molecule has 0 aliphatic heterocycles. The van der Waals surface area contributed by atoms with Crippen LogP contribution in [0.4, 0.5) is 0 Å². The molecule has 1 rings (SSSR count). The van der Waals surface area contributed by atoms with Gasteiger partial charge in [-0.1, -0.05) is 18.2 Å². The molecule has 0 radical (unpaired) electrons. The molecule has 1 atom stereocenters. The molecule has 0 bridgehead atoms. The maximum absolute atomic E-state index is 10.8. The van der Waals surface area contributed by atoms with Gasteiger partial charge in [0.1, 0.15) is 5.75 Å². The Morgan fingerprint density at radius 3 is 2.64 bits per heavy atom. The van der Waals surface area contributed by atoms with Gasteiger partial charge in [-0.3, -0.25) is 4.52 Å². The van der Waals surface area contributed by atoms with E-state index >= 15 is 0 Å². The van der Waals surface area contributed by atoms with Crippen LogP contribution >= 0.6 is 19.7 Å². The molecule has 0 heterocycles. The summed E-state index contributed by atoms with van der Waals surface area (Å²) in [4.78, 5) is 8.77. The predicted octanol–water partition coefficient (Wildman–Crippen LogP) is 2.18. The lowest BCUT2D eigenvalue weighted by molar-refractivity contribution is 0.198. The van der Waals surface area contributed by atoms with E-state index in [4.69, 9.17) is 16.8 Å². The van der Waals surface area contributed by atoms with Crippen LogP contribution in [0.25, 0.3) is 0 Å². The molecule has 0 spiro atoms. The lowest BCUT2D eigenvalue weighted by Gasteiger charge is -2.07. The van der Waals surface area contributed by atoms with Crippen LogP contribution in [-0.2, 0) is 19.8 Å². The Morgan fingerprint density at radius 2 is 2.07 bits per heavy atom. The fourth-order valence-electron chi connectivity index (χ4n) is 0.804. The van der Waals surface area contributed by atoms with Crippen molar-refractivity contribution in [1.29, 1.82) is 0 Å². The van der Waals surface area contributed by atoms with Gasteiger partial charge >= 0.3 is 7.82 Å². The summed E-state index contributed by atoms with van der Waals surface area (Å²) in [5.41, 5.74) is 0.371. The summed E-state index contributed by atoms with van der Waals surface area (Å²) < 4.78 is 18.9. The number of phosphoric acid groups is 1.